The average molecular weight is 225 g/mol. The summed E-state index contributed by atoms with van der Waals surface area (Å²) in [6.07, 6.45) is 2.85. The number of nitrogens with one attached hydrogen (secondary N) is 1. The van der Waals surface area contributed by atoms with Crippen LogP contribution >= 0.6 is 0 Å². The van der Waals surface area contributed by atoms with E-state index in [0.717, 1.165) is 0 Å². The predicted octanol–water partition coefficient (Wildman–Crippen LogP) is 1.25. The van der Waals surface area contributed by atoms with Gasteiger partial charge in [-0.3, -0.25) is 4.98 Å². The van der Waals surface area contributed by atoms with Gasteiger partial charge in [-0.2, -0.15) is 8.42 Å². The Hall–Kier alpha value is -1.43. The summed E-state index contributed by atoms with van der Waals surface area (Å²) < 4.78 is 27.1. The molecule has 80 valence electrons. The number of hydrogen-bond donors (Lipinski definition) is 1. The molecule has 0 unspecified atom stereocenters. The molecular formula is C9H11N3O2S. The number of sulfonamides is 1. The van der Waals surface area contributed by atoms with Gasteiger partial charge in [0.2, 0.25) is 0 Å². The molecule has 0 radical (unpaired) electrons. The van der Waals surface area contributed by atoms with Gasteiger partial charge in [0.15, 0.2) is 0 Å². The second kappa shape index (κ2) is 3.30. The van der Waals surface area contributed by atoms with Crippen LogP contribution in [0, 0.1) is 5.92 Å². The van der Waals surface area contributed by atoms with E-state index in [0.29, 0.717) is 11.5 Å². The summed E-state index contributed by atoms with van der Waals surface area (Å²) in [5.74, 6) is 0.509. The second-order valence-corrected chi connectivity index (χ2v) is 5.18. The number of amidine groups is 1. The minimum absolute atomic E-state index is 0.0427. The van der Waals surface area contributed by atoms with E-state index in [1.807, 2.05) is 13.8 Å². The van der Waals surface area contributed by atoms with Crippen LogP contribution in [0.5, 0.6) is 0 Å². The molecule has 0 saturated heterocycles. The topological polar surface area (TPSA) is 71.4 Å². The van der Waals surface area contributed by atoms with Gasteiger partial charge >= 0.3 is 0 Å². The Morgan fingerprint density at radius 2 is 2.13 bits per heavy atom. The van der Waals surface area contributed by atoms with Crippen molar-refractivity contribution in [3.63, 3.8) is 0 Å². The molecule has 0 aliphatic carbocycles. The Kier molecular flexibility index (Phi) is 2.22. The molecule has 0 spiro atoms. The first-order chi connectivity index (χ1) is 7.00. The van der Waals surface area contributed by atoms with Crippen LogP contribution in [0.3, 0.4) is 0 Å². The van der Waals surface area contributed by atoms with Crippen LogP contribution in [0.15, 0.2) is 27.8 Å². The van der Waals surface area contributed by atoms with E-state index in [1.165, 1.54) is 6.20 Å². The van der Waals surface area contributed by atoms with Crippen molar-refractivity contribution in [2.24, 2.45) is 10.3 Å². The maximum absolute atomic E-state index is 11.7. The second-order valence-electron chi connectivity index (χ2n) is 3.60. The number of aromatic nitrogens is 1. The first kappa shape index (κ1) is 10.1. The molecule has 1 aromatic heterocycles. The Morgan fingerprint density at radius 1 is 1.40 bits per heavy atom. The number of hydrogen-bond acceptors (Lipinski definition) is 4. The van der Waals surface area contributed by atoms with Gasteiger partial charge < -0.3 is 5.32 Å². The van der Waals surface area contributed by atoms with Crippen LogP contribution in [-0.4, -0.2) is 19.2 Å². The summed E-state index contributed by atoms with van der Waals surface area (Å²) in [5.41, 5.74) is 0.545. The van der Waals surface area contributed by atoms with Gasteiger partial charge in [0.1, 0.15) is 10.7 Å². The molecule has 0 fully saturated rings. The van der Waals surface area contributed by atoms with Crippen LogP contribution in [0.4, 0.5) is 5.69 Å². The molecule has 0 saturated carbocycles. The van der Waals surface area contributed by atoms with E-state index < -0.39 is 10.0 Å². The lowest BCUT2D eigenvalue weighted by atomic mass is 10.2. The molecule has 2 heterocycles. The number of anilines is 1. The summed E-state index contributed by atoms with van der Waals surface area (Å²) in [4.78, 5) is 3.91. The van der Waals surface area contributed by atoms with E-state index in [2.05, 4.69) is 14.7 Å². The van der Waals surface area contributed by atoms with E-state index >= 15 is 0 Å². The molecule has 0 aromatic carbocycles. The molecule has 0 bridgehead atoms. The van der Waals surface area contributed by atoms with Crippen LogP contribution in [-0.2, 0) is 10.0 Å². The van der Waals surface area contributed by atoms with Gasteiger partial charge in [-0.05, 0) is 6.07 Å². The van der Waals surface area contributed by atoms with Crippen molar-refractivity contribution >= 4 is 21.5 Å². The van der Waals surface area contributed by atoms with Crippen molar-refractivity contribution in [3.8, 4) is 0 Å². The molecule has 0 atom stereocenters. The molecule has 1 aliphatic rings. The summed E-state index contributed by atoms with van der Waals surface area (Å²) >= 11 is 0. The zero-order valence-corrected chi connectivity index (χ0v) is 9.25. The molecule has 6 heteroatoms. The number of rotatable bonds is 1. The van der Waals surface area contributed by atoms with Gasteiger partial charge in [-0.15, -0.1) is 4.40 Å². The minimum Gasteiger partial charge on any atom is -0.342 e. The number of pyridine rings is 1. The normalized spacial score (nSPS) is 17.9. The van der Waals surface area contributed by atoms with Crippen molar-refractivity contribution in [2.45, 2.75) is 18.7 Å². The maximum Gasteiger partial charge on any atom is 0.287 e. The lowest BCUT2D eigenvalue weighted by molar-refractivity contribution is 0.596. The van der Waals surface area contributed by atoms with Gasteiger partial charge in [0, 0.05) is 18.3 Å². The monoisotopic (exact) mass is 225 g/mol. The van der Waals surface area contributed by atoms with E-state index in [1.54, 1.807) is 12.3 Å². The third-order valence-corrected chi connectivity index (χ3v) is 3.41. The first-order valence-corrected chi connectivity index (χ1v) is 6.00. The fourth-order valence-corrected chi connectivity index (χ4v) is 2.48. The molecule has 0 amide bonds. The zero-order chi connectivity index (χ0) is 11.1. The Labute approximate surface area is 88.3 Å². The molecule has 1 aromatic rings. The van der Waals surface area contributed by atoms with Crippen molar-refractivity contribution in [1.82, 2.24) is 4.98 Å². The Bertz CT molecular complexity index is 520. The van der Waals surface area contributed by atoms with Crippen molar-refractivity contribution < 1.29 is 8.42 Å². The minimum atomic E-state index is -3.57. The third kappa shape index (κ3) is 1.72. The highest BCUT2D eigenvalue weighted by atomic mass is 32.2. The molecule has 1 aliphatic heterocycles. The van der Waals surface area contributed by atoms with Crippen LogP contribution in [0.1, 0.15) is 13.8 Å². The first-order valence-electron chi connectivity index (χ1n) is 4.56. The van der Waals surface area contributed by atoms with Crippen LogP contribution in [0.2, 0.25) is 0 Å². The van der Waals surface area contributed by atoms with Gasteiger partial charge in [0.25, 0.3) is 10.0 Å². The van der Waals surface area contributed by atoms with Gasteiger partial charge in [-0.1, -0.05) is 13.8 Å². The van der Waals surface area contributed by atoms with Gasteiger partial charge in [-0.25, -0.2) is 0 Å². The molecular weight excluding hydrogens is 214 g/mol. The maximum atomic E-state index is 11.7. The summed E-state index contributed by atoms with van der Waals surface area (Å²) in [5, 5.41) is 2.98. The molecule has 1 N–H and O–H groups in total. The van der Waals surface area contributed by atoms with E-state index in [-0.39, 0.29) is 10.8 Å². The Balaban J connectivity index is 2.60. The average Bonchev–Trinajstić information content (AvgIpc) is 2.16. The lowest BCUT2D eigenvalue weighted by Crippen LogP contribution is -2.25. The fourth-order valence-electron chi connectivity index (χ4n) is 1.28. The number of nitrogens with zero attached hydrogens (tertiary/aromatic N) is 2. The highest BCUT2D eigenvalue weighted by molar-refractivity contribution is 7.90. The highest BCUT2D eigenvalue weighted by Crippen LogP contribution is 2.26. The summed E-state index contributed by atoms with van der Waals surface area (Å²) in [6, 6.07) is 1.63. The smallest absolute Gasteiger partial charge is 0.287 e. The lowest BCUT2D eigenvalue weighted by Gasteiger charge is -2.19. The quantitative estimate of drug-likeness (QED) is 0.780. The zero-order valence-electron chi connectivity index (χ0n) is 8.43. The van der Waals surface area contributed by atoms with Crippen molar-refractivity contribution in [1.29, 1.82) is 0 Å². The number of fused-ring (bicyclic) bond motifs is 1. The largest absolute Gasteiger partial charge is 0.342 e. The predicted molar refractivity (Wildman–Crippen MR) is 57.3 cm³/mol. The van der Waals surface area contributed by atoms with Gasteiger partial charge in [0.05, 0.1) is 5.69 Å². The standard InChI is InChI=1S/C9H11N3O2S/c1-6(2)9-11-7-3-4-10-5-8(7)15(13,14)12-9/h3-6H,1-2H3,(H,11,12). The van der Waals surface area contributed by atoms with E-state index in [9.17, 15) is 8.42 Å². The third-order valence-electron chi connectivity index (χ3n) is 2.09. The van der Waals surface area contributed by atoms with Crippen LogP contribution < -0.4 is 5.32 Å². The SMILES string of the molecule is CC(C)C1=NS(=O)(=O)c2cnccc2N1. The Morgan fingerprint density at radius 3 is 2.80 bits per heavy atom. The molecule has 5 nitrogen and oxygen atoms in total. The highest BCUT2D eigenvalue weighted by Gasteiger charge is 2.25. The molecule has 2 rings (SSSR count). The summed E-state index contributed by atoms with van der Waals surface area (Å²) in [7, 11) is -3.57. The summed E-state index contributed by atoms with van der Waals surface area (Å²) in [6.45, 7) is 3.76. The van der Waals surface area contributed by atoms with Crippen LogP contribution in [0.25, 0.3) is 0 Å². The van der Waals surface area contributed by atoms with Crippen molar-refractivity contribution in [2.75, 3.05) is 5.32 Å². The molecule has 15 heavy (non-hydrogen) atoms. The van der Waals surface area contributed by atoms with E-state index in [4.69, 9.17) is 0 Å². The fraction of sp³-hybridized carbons (Fsp3) is 0.333. The van der Waals surface area contributed by atoms with Crippen molar-refractivity contribution in [3.05, 3.63) is 18.5 Å².